The highest BCUT2D eigenvalue weighted by atomic mass is 16.6. The van der Waals surface area contributed by atoms with Gasteiger partial charge in [-0.05, 0) is 6.92 Å². The third-order valence-corrected chi connectivity index (χ3v) is 1.42. The number of carbonyl (C=O) groups excluding carboxylic acids is 2. The Morgan fingerprint density at radius 2 is 1.86 bits per heavy atom. The zero-order valence-electron chi connectivity index (χ0n) is 8.19. The van der Waals surface area contributed by atoms with Crippen LogP contribution in [-0.2, 0) is 19.1 Å². The van der Waals surface area contributed by atoms with E-state index < -0.39 is 11.9 Å². The molecule has 78 valence electrons. The summed E-state index contributed by atoms with van der Waals surface area (Å²) in [5.74, 6) is -0.959. The lowest BCUT2D eigenvalue weighted by molar-refractivity contribution is -0.144. The first-order chi connectivity index (χ1) is 6.60. The highest BCUT2D eigenvalue weighted by molar-refractivity contribution is 5.81. The average molecular weight is 198 g/mol. The standard InChI is InChI=1S/C10H14O4/c1-4-9(11)13-7-6-8(3)14-10(12)5-2/h4-5,8H,1-2,6-7H2,3H3/t8-/m0/s1. The van der Waals surface area contributed by atoms with Crippen LogP contribution in [0.2, 0.25) is 0 Å². The van der Waals surface area contributed by atoms with Crippen molar-refractivity contribution in [1.29, 1.82) is 0 Å². The number of ether oxygens (including phenoxy) is 2. The van der Waals surface area contributed by atoms with Gasteiger partial charge in [-0.15, -0.1) is 0 Å². The van der Waals surface area contributed by atoms with E-state index in [0.717, 1.165) is 12.2 Å². The van der Waals surface area contributed by atoms with Crippen LogP contribution in [0.1, 0.15) is 13.3 Å². The zero-order valence-corrected chi connectivity index (χ0v) is 8.19. The van der Waals surface area contributed by atoms with Crippen molar-refractivity contribution < 1.29 is 19.1 Å². The fraction of sp³-hybridized carbons (Fsp3) is 0.400. The molecule has 0 amide bonds. The van der Waals surface area contributed by atoms with Gasteiger partial charge in [0.15, 0.2) is 0 Å². The largest absolute Gasteiger partial charge is 0.462 e. The summed E-state index contributed by atoms with van der Waals surface area (Å²) in [4.78, 5) is 21.3. The molecule has 0 radical (unpaired) electrons. The van der Waals surface area contributed by atoms with Gasteiger partial charge < -0.3 is 9.47 Å². The molecule has 0 bridgehead atoms. The fourth-order valence-electron chi connectivity index (χ4n) is 0.690. The van der Waals surface area contributed by atoms with E-state index in [1.54, 1.807) is 6.92 Å². The molecule has 0 aromatic heterocycles. The van der Waals surface area contributed by atoms with Crippen LogP contribution in [0.25, 0.3) is 0 Å². The SMILES string of the molecule is C=CC(=O)OCC[C@H](C)OC(=O)C=C. The maximum Gasteiger partial charge on any atom is 0.330 e. The monoisotopic (exact) mass is 198 g/mol. The minimum atomic E-state index is -0.479. The summed E-state index contributed by atoms with van der Waals surface area (Å²) in [5, 5.41) is 0. The van der Waals surface area contributed by atoms with E-state index in [-0.39, 0.29) is 12.7 Å². The van der Waals surface area contributed by atoms with Gasteiger partial charge in [-0.2, -0.15) is 0 Å². The topological polar surface area (TPSA) is 52.6 Å². The van der Waals surface area contributed by atoms with Gasteiger partial charge >= 0.3 is 11.9 Å². The van der Waals surface area contributed by atoms with Crippen molar-refractivity contribution in [3.63, 3.8) is 0 Å². The van der Waals surface area contributed by atoms with Crippen molar-refractivity contribution in [2.45, 2.75) is 19.4 Å². The van der Waals surface area contributed by atoms with Crippen LogP contribution in [0.3, 0.4) is 0 Å². The smallest absolute Gasteiger partial charge is 0.330 e. The number of hydrogen-bond donors (Lipinski definition) is 0. The van der Waals surface area contributed by atoms with Gasteiger partial charge in [0.2, 0.25) is 0 Å². The molecule has 0 fully saturated rings. The van der Waals surface area contributed by atoms with E-state index >= 15 is 0 Å². The van der Waals surface area contributed by atoms with Crippen molar-refractivity contribution in [2.75, 3.05) is 6.61 Å². The number of esters is 2. The number of carbonyl (C=O) groups is 2. The predicted molar refractivity (Wildman–Crippen MR) is 51.5 cm³/mol. The van der Waals surface area contributed by atoms with Gasteiger partial charge in [0, 0.05) is 18.6 Å². The quantitative estimate of drug-likeness (QED) is 0.475. The second kappa shape index (κ2) is 6.88. The number of hydrogen-bond acceptors (Lipinski definition) is 4. The average Bonchev–Trinajstić information content (AvgIpc) is 2.17. The second-order valence-electron chi connectivity index (χ2n) is 2.61. The van der Waals surface area contributed by atoms with Gasteiger partial charge in [-0.25, -0.2) is 9.59 Å². The Morgan fingerprint density at radius 3 is 2.36 bits per heavy atom. The summed E-state index contributed by atoms with van der Waals surface area (Å²) in [7, 11) is 0. The molecule has 0 aromatic carbocycles. The maximum atomic E-state index is 10.7. The minimum absolute atomic E-state index is 0.205. The molecular formula is C10H14O4. The van der Waals surface area contributed by atoms with Crippen molar-refractivity contribution in [1.82, 2.24) is 0 Å². The molecule has 0 aromatic rings. The Morgan fingerprint density at radius 1 is 1.29 bits per heavy atom. The Labute approximate surface area is 83.2 Å². The maximum absolute atomic E-state index is 10.7. The first-order valence-electron chi connectivity index (χ1n) is 4.22. The molecule has 0 aliphatic rings. The normalized spacial score (nSPS) is 11.2. The van der Waals surface area contributed by atoms with Crippen molar-refractivity contribution in [2.24, 2.45) is 0 Å². The number of rotatable bonds is 6. The first kappa shape index (κ1) is 12.4. The predicted octanol–water partition coefficient (Wildman–Crippen LogP) is 1.22. The van der Waals surface area contributed by atoms with E-state index in [1.807, 2.05) is 0 Å². The molecule has 0 heterocycles. The molecular weight excluding hydrogens is 184 g/mol. The molecule has 0 spiro atoms. The third-order valence-electron chi connectivity index (χ3n) is 1.42. The Kier molecular flexibility index (Phi) is 6.11. The zero-order chi connectivity index (χ0) is 11.0. The lowest BCUT2D eigenvalue weighted by Crippen LogP contribution is -2.16. The van der Waals surface area contributed by atoms with E-state index in [9.17, 15) is 9.59 Å². The summed E-state index contributed by atoms with van der Waals surface area (Å²) < 4.78 is 9.54. The summed E-state index contributed by atoms with van der Waals surface area (Å²) in [6, 6.07) is 0. The van der Waals surface area contributed by atoms with Crippen LogP contribution in [0.5, 0.6) is 0 Å². The summed E-state index contributed by atoms with van der Waals surface area (Å²) in [6.07, 6.45) is 2.34. The summed E-state index contributed by atoms with van der Waals surface area (Å²) >= 11 is 0. The molecule has 0 unspecified atom stereocenters. The highest BCUT2D eigenvalue weighted by Crippen LogP contribution is 1.99. The van der Waals surface area contributed by atoms with Crippen molar-refractivity contribution >= 4 is 11.9 Å². The summed E-state index contributed by atoms with van der Waals surface area (Å²) in [6.45, 7) is 8.43. The molecule has 0 aliphatic carbocycles. The van der Waals surface area contributed by atoms with Crippen molar-refractivity contribution in [3.8, 4) is 0 Å². The van der Waals surface area contributed by atoms with Crippen LogP contribution < -0.4 is 0 Å². The second-order valence-corrected chi connectivity index (χ2v) is 2.61. The Bertz CT molecular complexity index is 232. The molecule has 1 atom stereocenters. The Balaban J connectivity index is 3.58. The van der Waals surface area contributed by atoms with Crippen LogP contribution >= 0.6 is 0 Å². The van der Waals surface area contributed by atoms with Crippen molar-refractivity contribution in [3.05, 3.63) is 25.3 Å². The molecule has 14 heavy (non-hydrogen) atoms. The molecule has 0 saturated heterocycles. The van der Waals surface area contributed by atoms with Gasteiger partial charge in [0.25, 0.3) is 0 Å². The van der Waals surface area contributed by atoms with E-state index in [1.165, 1.54) is 0 Å². The molecule has 4 nitrogen and oxygen atoms in total. The van der Waals surface area contributed by atoms with E-state index in [0.29, 0.717) is 6.42 Å². The molecule has 0 rings (SSSR count). The van der Waals surface area contributed by atoms with Crippen LogP contribution in [0.15, 0.2) is 25.3 Å². The van der Waals surface area contributed by atoms with Crippen LogP contribution in [0, 0.1) is 0 Å². The van der Waals surface area contributed by atoms with Gasteiger partial charge in [0.1, 0.15) is 6.10 Å². The van der Waals surface area contributed by atoms with E-state index in [2.05, 4.69) is 13.2 Å². The lowest BCUT2D eigenvalue weighted by atomic mass is 10.3. The molecule has 0 N–H and O–H groups in total. The molecule has 0 aliphatic heterocycles. The van der Waals surface area contributed by atoms with Gasteiger partial charge in [0.05, 0.1) is 6.61 Å². The van der Waals surface area contributed by atoms with Crippen LogP contribution in [0.4, 0.5) is 0 Å². The van der Waals surface area contributed by atoms with E-state index in [4.69, 9.17) is 9.47 Å². The lowest BCUT2D eigenvalue weighted by Gasteiger charge is -2.11. The summed E-state index contributed by atoms with van der Waals surface area (Å²) in [5.41, 5.74) is 0. The molecule has 0 saturated carbocycles. The third kappa shape index (κ3) is 5.99. The van der Waals surface area contributed by atoms with Gasteiger partial charge in [-0.3, -0.25) is 0 Å². The Hall–Kier alpha value is -1.58. The fourth-order valence-corrected chi connectivity index (χ4v) is 0.690. The highest BCUT2D eigenvalue weighted by Gasteiger charge is 2.06. The van der Waals surface area contributed by atoms with Gasteiger partial charge in [-0.1, -0.05) is 13.2 Å². The minimum Gasteiger partial charge on any atom is -0.462 e. The first-order valence-corrected chi connectivity index (χ1v) is 4.22. The molecule has 4 heteroatoms. The van der Waals surface area contributed by atoms with Crippen LogP contribution in [-0.4, -0.2) is 24.6 Å².